The first-order valence-corrected chi connectivity index (χ1v) is 11.8. The number of rotatable bonds is 4. The molecule has 5 aromatic rings. The predicted octanol–water partition coefficient (Wildman–Crippen LogP) is 5.28. The van der Waals surface area contributed by atoms with E-state index < -0.39 is 11.2 Å². The summed E-state index contributed by atoms with van der Waals surface area (Å²) < 4.78 is 3.71. The van der Waals surface area contributed by atoms with E-state index in [4.69, 9.17) is 11.6 Å². The van der Waals surface area contributed by atoms with Gasteiger partial charge in [0.2, 0.25) is 5.91 Å². The summed E-state index contributed by atoms with van der Waals surface area (Å²) in [5, 5.41) is 4.04. The van der Waals surface area contributed by atoms with Crippen molar-refractivity contribution in [1.82, 2.24) is 9.13 Å². The number of amides is 1. The Balaban J connectivity index is 1.71. The molecule has 1 amide bonds. The van der Waals surface area contributed by atoms with Gasteiger partial charge in [0.25, 0.3) is 5.56 Å². The number of halogens is 1. The second kappa shape index (κ2) is 8.59. The smallest absolute Gasteiger partial charge is 0.325 e. The second-order valence-electron chi connectivity index (χ2n) is 8.19. The van der Waals surface area contributed by atoms with Crippen molar-refractivity contribution in [2.45, 2.75) is 20.4 Å². The minimum atomic E-state index is -0.598. The summed E-state index contributed by atoms with van der Waals surface area (Å²) in [5.41, 5.74) is 2.48. The fourth-order valence-electron chi connectivity index (χ4n) is 4.23. The number of benzene rings is 3. The second-order valence-corrected chi connectivity index (χ2v) is 9.68. The first-order valence-electron chi connectivity index (χ1n) is 10.6. The third-order valence-electron chi connectivity index (χ3n) is 5.53. The number of nitrogens with zero attached hydrogens (tertiary/aromatic N) is 2. The molecule has 3 aromatic carbocycles. The lowest BCUT2D eigenvalue weighted by Crippen LogP contribution is -2.40. The Kier molecular flexibility index (Phi) is 5.59. The van der Waals surface area contributed by atoms with Crippen LogP contribution in [0.2, 0.25) is 5.02 Å². The van der Waals surface area contributed by atoms with Gasteiger partial charge in [0, 0.05) is 20.8 Å². The summed E-state index contributed by atoms with van der Waals surface area (Å²) in [7, 11) is 0. The maximum atomic E-state index is 13.7. The van der Waals surface area contributed by atoms with E-state index in [-0.39, 0.29) is 12.5 Å². The van der Waals surface area contributed by atoms with Crippen LogP contribution in [0.5, 0.6) is 0 Å². The zero-order valence-electron chi connectivity index (χ0n) is 18.5. The van der Waals surface area contributed by atoms with Gasteiger partial charge in [-0.15, -0.1) is 11.3 Å². The standard InChI is InChI=1S/C26H20ClN3O3S/c1-15-10-16(2)12-18(11-15)28-22(31)14-29-23-20-8-3-4-9-21(20)34-24(23)25(32)30(26(29)33)19-7-5-6-17(27)13-19/h3-13H,14H2,1-2H3,(H,28,31). The number of carbonyl (C=O) groups is 1. The molecule has 0 spiro atoms. The SMILES string of the molecule is Cc1cc(C)cc(NC(=O)Cn2c(=O)n(-c3cccc(Cl)c3)c(=O)c3sc4ccccc4c32)c1. The topological polar surface area (TPSA) is 73.1 Å². The molecule has 6 nitrogen and oxygen atoms in total. The molecular weight excluding hydrogens is 470 g/mol. The third kappa shape index (κ3) is 3.93. The van der Waals surface area contributed by atoms with Crippen LogP contribution in [0.25, 0.3) is 26.0 Å². The van der Waals surface area contributed by atoms with Crippen molar-refractivity contribution in [3.63, 3.8) is 0 Å². The van der Waals surface area contributed by atoms with E-state index >= 15 is 0 Å². The largest absolute Gasteiger partial charge is 0.336 e. The first kappa shape index (κ1) is 22.1. The highest BCUT2D eigenvalue weighted by Crippen LogP contribution is 2.31. The third-order valence-corrected chi connectivity index (χ3v) is 6.92. The van der Waals surface area contributed by atoms with Gasteiger partial charge in [0.05, 0.1) is 11.2 Å². The first-order chi connectivity index (χ1) is 16.3. The minimum absolute atomic E-state index is 0.246. The highest BCUT2D eigenvalue weighted by molar-refractivity contribution is 7.25. The van der Waals surface area contributed by atoms with Gasteiger partial charge in [-0.1, -0.05) is 41.9 Å². The molecule has 34 heavy (non-hydrogen) atoms. The van der Waals surface area contributed by atoms with Gasteiger partial charge < -0.3 is 5.32 Å². The van der Waals surface area contributed by atoms with Crippen LogP contribution in [-0.2, 0) is 11.3 Å². The molecule has 0 aliphatic heterocycles. The highest BCUT2D eigenvalue weighted by Gasteiger charge is 2.21. The number of hydrogen-bond donors (Lipinski definition) is 1. The van der Waals surface area contributed by atoms with Crippen molar-refractivity contribution in [3.05, 3.63) is 104 Å². The lowest BCUT2D eigenvalue weighted by Gasteiger charge is -2.13. The Morgan fingerprint density at radius 1 is 0.971 bits per heavy atom. The fraction of sp³-hybridized carbons (Fsp3) is 0.115. The number of nitrogens with one attached hydrogen (secondary N) is 1. The zero-order valence-corrected chi connectivity index (χ0v) is 20.0. The number of fused-ring (bicyclic) bond motifs is 3. The Bertz CT molecular complexity index is 1690. The van der Waals surface area contributed by atoms with Gasteiger partial charge >= 0.3 is 5.69 Å². The molecule has 0 fully saturated rings. The highest BCUT2D eigenvalue weighted by atomic mass is 35.5. The molecule has 5 rings (SSSR count). The number of anilines is 1. The molecule has 8 heteroatoms. The quantitative estimate of drug-likeness (QED) is 0.373. The van der Waals surface area contributed by atoms with Crippen molar-refractivity contribution in [2.24, 2.45) is 0 Å². The Morgan fingerprint density at radius 3 is 2.44 bits per heavy atom. The van der Waals surface area contributed by atoms with Crippen LogP contribution in [-0.4, -0.2) is 15.0 Å². The molecule has 0 unspecified atom stereocenters. The maximum absolute atomic E-state index is 13.7. The number of aromatic nitrogens is 2. The minimum Gasteiger partial charge on any atom is -0.325 e. The van der Waals surface area contributed by atoms with Gasteiger partial charge in [0.15, 0.2) is 0 Å². The summed E-state index contributed by atoms with van der Waals surface area (Å²) >= 11 is 7.44. The maximum Gasteiger partial charge on any atom is 0.336 e. The lowest BCUT2D eigenvalue weighted by atomic mass is 10.1. The van der Waals surface area contributed by atoms with Crippen LogP contribution in [0.15, 0.2) is 76.3 Å². The summed E-state index contributed by atoms with van der Waals surface area (Å²) in [6.07, 6.45) is 0. The zero-order chi connectivity index (χ0) is 24.0. The molecular formula is C26H20ClN3O3S. The van der Waals surface area contributed by atoms with Crippen molar-refractivity contribution >= 4 is 54.8 Å². The van der Waals surface area contributed by atoms with Gasteiger partial charge in [-0.2, -0.15) is 0 Å². The number of thiophene rings is 1. The van der Waals surface area contributed by atoms with Gasteiger partial charge in [0.1, 0.15) is 11.2 Å². The molecule has 0 saturated heterocycles. The molecule has 0 bridgehead atoms. The monoisotopic (exact) mass is 489 g/mol. The summed E-state index contributed by atoms with van der Waals surface area (Å²) in [6, 6.07) is 19.8. The summed E-state index contributed by atoms with van der Waals surface area (Å²) in [6.45, 7) is 3.66. The molecule has 170 valence electrons. The van der Waals surface area contributed by atoms with Crippen LogP contribution in [0.1, 0.15) is 11.1 Å². The van der Waals surface area contributed by atoms with E-state index in [2.05, 4.69) is 5.32 Å². The molecule has 0 atom stereocenters. The van der Waals surface area contributed by atoms with E-state index in [0.29, 0.717) is 26.6 Å². The fourth-order valence-corrected chi connectivity index (χ4v) is 5.55. The average molecular weight is 490 g/mol. The number of aryl methyl sites for hydroxylation is 2. The van der Waals surface area contributed by atoms with E-state index in [0.717, 1.165) is 25.8 Å². The van der Waals surface area contributed by atoms with Crippen molar-refractivity contribution in [2.75, 3.05) is 5.32 Å². The van der Waals surface area contributed by atoms with E-state index in [1.54, 1.807) is 24.3 Å². The van der Waals surface area contributed by atoms with Gasteiger partial charge in [-0.25, -0.2) is 9.36 Å². The number of hydrogen-bond acceptors (Lipinski definition) is 4. The van der Waals surface area contributed by atoms with Crippen LogP contribution >= 0.6 is 22.9 Å². The van der Waals surface area contributed by atoms with Crippen molar-refractivity contribution in [1.29, 1.82) is 0 Å². The molecule has 0 saturated carbocycles. The predicted molar refractivity (Wildman–Crippen MR) is 139 cm³/mol. The Morgan fingerprint density at radius 2 is 1.71 bits per heavy atom. The normalized spacial score (nSPS) is 11.3. The molecule has 1 N–H and O–H groups in total. The molecule has 0 aliphatic carbocycles. The number of carbonyl (C=O) groups excluding carboxylic acids is 1. The Labute approximate surface area is 203 Å². The van der Waals surface area contributed by atoms with Crippen molar-refractivity contribution in [3.8, 4) is 5.69 Å². The van der Waals surface area contributed by atoms with E-state index in [9.17, 15) is 14.4 Å². The van der Waals surface area contributed by atoms with Crippen LogP contribution in [0.4, 0.5) is 5.69 Å². The van der Waals surface area contributed by atoms with Crippen LogP contribution in [0.3, 0.4) is 0 Å². The summed E-state index contributed by atoms with van der Waals surface area (Å²) in [4.78, 5) is 40.2. The van der Waals surface area contributed by atoms with Gasteiger partial charge in [-0.05, 0) is 61.4 Å². The average Bonchev–Trinajstić information content (AvgIpc) is 3.16. The van der Waals surface area contributed by atoms with E-state index in [1.807, 2.05) is 56.3 Å². The lowest BCUT2D eigenvalue weighted by molar-refractivity contribution is -0.116. The summed E-state index contributed by atoms with van der Waals surface area (Å²) in [5.74, 6) is -0.361. The van der Waals surface area contributed by atoms with Crippen LogP contribution in [0, 0.1) is 13.8 Å². The van der Waals surface area contributed by atoms with Crippen LogP contribution < -0.4 is 16.6 Å². The van der Waals surface area contributed by atoms with E-state index in [1.165, 1.54) is 15.9 Å². The Hall–Kier alpha value is -3.68. The van der Waals surface area contributed by atoms with Gasteiger partial charge in [-0.3, -0.25) is 14.2 Å². The molecule has 2 heterocycles. The molecule has 2 aromatic heterocycles. The van der Waals surface area contributed by atoms with Crippen molar-refractivity contribution < 1.29 is 4.79 Å². The molecule has 0 aliphatic rings. The molecule has 0 radical (unpaired) electrons.